The molecule has 0 spiro atoms. The molecule has 0 N–H and O–H groups in total. The fourth-order valence-electron chi connectivity index (χ4n) is 1.72. The summed E-state index contributed by atoms with van der Waals surface area (Å²) < 4.78 is 0. The molecule has 1 aromatic rings. The van der Waals surface area contributed by atoms with Gasteiger partial charge in [-0.15, -0.1) is 0 Å². The van der Waals surface area contributed by atoms with E-state index in [2.05, 4.69) is 25.9 Å². The summed E-state index contributed by atoms with van der Waals surface area (Å²) in [6, 6.07) is 1.84. The summed E-state index contributed by atoms with van der Waals surface area (Å²) >= 11 is 3.45. The maximum Gasteiger partial charge on any atom is 0.229 e. The number of anilines is 1. The molecule has 1 fully saturated rings. The van der Waals surface area contributed by atoms with Crippen molar-refractivity contribution in [3.8, 4) is 0 Å². The van der Waals surface area contributed by atoms with Gasteiger partial charge in [0, 0.05) is 29.6 Å². The highest BCUT2D eigenvalue weighted by Crippen LogP contribution is 2.23. The molecule has 1 aliphatic rings. The second-order valence-electron chi connectivity index (χ2n) is 3.72. The Morgan fingerprint density at radius 1 is 1.47 bits per heavy atom. The number of nitrogens with zero attached hydrogens (tertiary/aromatic N) is 3. The highest BCUT2D eigenvalue weighted by Gasteiger charge is 2.29. The van der Waals surface area contributed by atoms with Crippen molar-refractivity contribution in [1.29, 1.82) is 0 Å². The van der Waals surface area contributed by atoms with E-state index >= 15 is 0 Å². The van der Waals surface area contributed by atoms with Gasteiger partial charge in [0.15, 0.2) is 0 Å². The van der Waals surface area contributed by atoms with Gasteiger partial charge in [0.25, 0.3) is 0 Å². The van der Waals surface area contributed by atoms with Crippen molar-refractivity contribution in [1.82, 2.24) is 9.97 Å². The average Bonchev–Trinajstić information content (AvgIpc) is 2.43. The van der Waals surface area contributed by atoms with Crippen LogP contribution in [0.4, 0.5) is 5.82 Å². The summed E-state index contributed by atoms with van der Waals surface area (Å²) in [6.07, 6.45) is 0.544. The highest BCUT2D eigenvalue weighted by molar-refractivity contribution is 9.09. The molecular formula is C10H12BrN3O. The molecule has 5 heteroatoms. The maximum absolute atomic E-state index is 11.6. The van der Waals surface area contributed by atoms with Crippen molar-refractivity contribution in [2.45, 2.75) is 25.1 Å². The second-order valence-corrected chi connectivity index (χ2v) is 5.02. The third kappa shape index (κ3) is 2.17. The van der Waals surface area contributed by atoms with Crippen LogP contribution in [0.2, 0.25) is 0 Å². The molecule has 2 heterocycles. The first-order chi connectivity index (χ1) is 7.06. The third-order valence-corrected chi connectivity index (χ3v) is 2.92. The number of amides is 1. The highest BCUT2D eigenvalue weighted by atomic mass is 79.9. The predicted octanol–water partition coefficient (Wildman–Crippen LogP) is 1.59. The molecule has 15 heavy (non-hydrogen) atoms. The Kier molecular flexibility index (Phi) is 2.73. The SMILES string of the molecule is Cc1cc(N2CC(Br)CC2=O)nc(C)n1. The number of carbonyl (C=O) groups is 1. The number of hydrogen-bond donors (Lipinski definition) is 0. The van der Waals surface area contributed by atoms with Gasteiger partial charge in [-0.3, -0.25) is 9.69 Å². The lowest BCUT2D eigenvalue weighted by Gasteiger charge is -2.15. The van der Waals surface area contributed by atoms with E-state index in [4.69, 9.17) is 0 Å². The number of halogens is 1. The molecule has 0 bridgehead atoms. The molecule has 80 valence electrons. The Morgan fingerprint density at radius 2 is 2.20 bits per heavy atom. The largest absolute Gasteiger partial charge is 0.296 e. The molecule has 4 nitrogen and oxygen atoms in total. The lowest BCUT2D eigenvalue weighted by Crippen LogP contribution is -2.26. The molecule has 1 aromatic heterocycles. The third-order valence-electron chi connectivity index (χ3n) is 2.31. The van der Waals surface area contributed by atoms with Gasteiger partial charge in [-0.2, -0.15) is 0 Å². The van der Waals surface area contributed by atoms with Crippen LogP contribution in [-0.2, 0) is 4.79 Å². The monoisotopic (exact) mass is 269 g/mol. The standard InChI is InChI=1S/C10H12BrN3O/c1-6-3-9(13-7(2)12-6)14-5-8(11)4-10(14)15/h3,8H,4-5H2,1-2H3. The fraction of sp³-hybridized carbons (Fsp3) is 0.500. The lowest BCUT2D eigenvalue weighted by molar-refractivity contribution is -0.117. The Labute approximate surface area is 96.8 Å². The Balaban J connectivity index is 2.33. The van der Waals surface area contributed by atoms with Crippen LogP contribution in [0.5, 0.6) is 0 Å². The van der Waals surface area contributed by atoms with E-state index in [9.17, 15) is 4.79 Å². The number of aryl methyl sites for hydroxylation is 2. The van der Waals surface area contributed by atoms with Crippen LogP contribution in [0.25, 0.3) is 0 Å². The summed E-state index contributed by atoms with van der Waals surface area (Å²) in [5.74, 6) is 1.54. The first-order valence-electron chi connectivity index (χ1n) is 4.83. The predicted molar refractivity (Wildman–Crippen MR) is 61.2 cm³/mol. The second kappa shape index (κ2) is 3.89. The lowest BCUT2D eigenvalue weighted by atomic mass is 10.4. The molecule has 1 unspecified atom stereocenters. The van der Waals surface area contributed by atoms with E-state index in [1.165, 1.54) is 0 Å². The number of hydrogen-bond acceptors (Lipinski definition) is 3. The van der Waals surface area contributed by atoms with E-state index < -0.39 is 0 Å². The molecule has 0 aliphatic carbocycles. The van der Waals surface area contributed by atoms with Crippen LogP contribution >= 0.6 is 15.9 Å². The van der Waals surface area contributed by atoms with Gasteiger partial charge in [0.1, 0.15) is 11.6 Å². The smallest absolute Gasteiger partial charge is 0.229 e. The summed E-state index contributed by atoms with van der Waals surface area (Å²) in [7, 11) is 0. The molecule has 1 atom stereocenters. The summed E-state index contributed by atoms with van der Waals surface area (Å²) in [6.45, 7) is 4.43. The maximum atomic E-state index is 11.6. The van der Waals surface area contributed by atoms with Crippen molar-refractivity contribution < 1.29 is 4.79 Å². The zero-order valence-corrected chi connectivity index (χ0v) is 10.3. The van der Waals surface area contributed by atoms with Crippen molar-refractivity contribution in [3.63, 3.8) is 0 Å². The van der Waals surface area contributed by atoms with Crippen LogP contribution in [0.15, 0.2) is 6.07 Å². The Bertz CT molecular complexity index is 387. The van der Waals surface area contributed by atoms with Crippen LogP contribution in [0.3, 0.4) is 0 Å². The molecule has 0 aromatic carbocycles. The minimum Gasteiger partial charge on any atom is -0.296 e. The van der Waals surface area contributed by atoms with Crippen LogP contribution in [-0.4, -0.2) is 27.2 Å². The van der Waals surface area contributed by atoms with Crippen molar-refractivity contribution >= 4 is 27.7 Å². The van der Waals surface area contributed by atoms with Crippen molar-refractivity contribution in [2.24, 2.45) is 0 Å². The van der Waals surface area contributed by atoms with E-state index in [1.807, 2.05) is 19.9 Å². The summed E-state index contributed by atoms with van der Waals surface area (Å²) in [5, 5.41) is 0. The van der Waals surface area contributed by atoms with Gasteiger partial charge in [-0.05, 0) is 13.8 Å². The summed E-state index contributed by atoms with van der Waals surface area (Å²) in [4.78, 5) is 22.1. The normalized spacial score (nSPS) is 21.1. The zero-order chi connectivity index (χ0) is 11.0. The Morgan fingerprint density at radius 3 is 2.73 bits per heavy atom. The minimum atomic E-state index is 0.120. The van der Waals surface area contributed by atoms with Gasteiger partial charge < -0.3 is 0 Å². The molecule has 1 saturated heterocycles. The van der Waals surface area contributed by atoms with E-state index in [0.29, 0.717) is 24.6 Å². The van der Waals surface area contributed by atoms with Crippen molar-refractivity contribution in [3.05, 3.63) is 17.6 Å². The first kappa shape index (κ1) is 10.5. The van der Waals surface area contributed by atoms with Gasteiger partial charge >= 0.3 is 0 Å². The molecule has 0 saturated carbocycles. The minimum absolute atomic E-state index is 0.120. The number of carbonyl (C=O) groups excluding carboxylic acids is 1. The molecule has 1 aliphatic heterocycles. The van der Waals surface area contributed by atoms with Gasteiger partial charge in [-0.1, -0.05) is 15.9 Å². The van der Waals surface area contributed by atoms with Gasteiger partial charge in [-0.25, -0.2) is 9.97 Å². The van der Waals surface area contributed by atoms with E-state index in [0.717, 1.165) is 5.69 Å². The van der Waals surface area contributed by atoms with Crippen LogP contribution in [0.1, 0.15) is 17.9 Å². The zero-order valence-electron chi connectivity index (χ0n) is 8.70. The van der Waals surface area contributed by atoms with E-state index in [-0.39, 0.29) is 10.7 Å². The first-order valence-corrected chi connectivity index (χ1v) is 5.74. The quantitative estimate of drug-likeness (QED) is 0.728. The number of rotatable bonds is 1. The summed E-state index contributed by atoms with van der Waals surface area (Å²) in [5.41, 5.74) is 0.892. The molecule has 1 amide bonds. The van der Waals surface area contributed by atoms with Crippen LogP contribution < -0.4 is 4.90 Å². The molecule has 2 rings (SSSR count). The van der Waals surface area contributed by atoms with Gasteiger partial charge in [0.05, 0.1) is 0 Å². The average molecular weight is 270 g/mol. The fourth-order valence-corrected chi connectivity index (χ4v) is 2.29. The van der Waals surface area contributed by atoms with Crippen LogP contribution in [0, 0.1) is 13.8 Å². The number of alkyl halides is 1. The van der Waals surface area contributed by atoms with Crippen molar-refractivity contribution in [2.75, 3.05) is 11.4 Å². The van der Waals surface area contributed by atoms with Gasteiger partial charge in [0.2, 0.25) is 5.91 Å². The molecular weight excluding hydrogens is 258 g/mol. The number of aromatic nitrogens is 2. The topological polar surface area (TPSA) is 46.1 Å². The van der Waals surface area contributed by atoms with E-state index in [1.54, 1.807) is 4.90 Å². The molecule has 0 radical (unpaired) electrons. The Hall–Kier alpha value is -0.970.